The lowest BCUT2D eigenvalue weighted by molar-refractivity contribution is -0.158. The van der Waals surface area contributed by atoms with Gasteiger partial charge < -0.3 is 14.2 Å². The molecule has 0 aliphatic carbocycles. The molecule has 19 heavy (non-hydrogen) atoms. The van der Waals surface area contributed by atoms with Crippen molar-refractivity contribution in [2.24, 2.45) is 10.8 Å². The second-order valence-corrected chi connectivity index (χ2v) is 6.94. The molecule has 0 atom stereocenters. The molecular formula is C14H26O5. The van der Waals surface area contributed by atoms with Crippen LogP contribution in [-0.4, -0.2) is 38.4 Å². The van der Waals surface area contributed by atoms with Crippen molar-refractivity contribution in [3.05, 3.63) is 0 Å². The van der Waals surface area contributed by atoms with E-state index in [2.05, 4.69) is 0 Å². The second kappa shape index (κ2) is 7.48. The van der Waals surface area contributed by atoms with Crippen LogP contribution in [0, 0.1) is 10.8 Å². The van der Waals surface area contributed by atoms with Crippen molar-refractivity contribution < 1.29 is 23.8 Å². The van der Waals surface area contributed by atoms with Gasteiger partial charge in [-0.15, -0.1) is 0 Å². The molecule has 0 heterocycles. The minimum atomic E-state index is -0.474. The fourth-order valence-electron chi connectivity index (χ4n) is 0.895. The second-order valence-electron chi connectivity index (χ2n) is 6.94. The lowest BCUT2D eigenvalue weighted by atomic mass is 9.99. The van der Waals surface area contributed by atoms with Gasteiger partial charge in [-0.3, -0.25) is 0 Å². The van der Waals surface area contributed by atoms with E-state index < -0.39 is 11.9 Å². The van der Waals surface area contributed by atoms with Crippen LogP contribution in [0.15, 0.2) is 0 Å². The Hall–Kier alpha value is -1.10. The summed E-state index contributed by atoms with van der Waals surface area (Å²) in [5.41, 5.74) is -0.164. The molecule has 0 saturated heterocycles. The van der Waals surface area contributed by atoms with Gasteiger partial charge in [-0.1, -0.05) is 41.5 Å². The molecule has 0 aliphatic heterocycles. The molecule has 0 spiro atoms. The van der Waals surface area contributed by atoms with Gasteiger partial charge in [-0.2, -0.15) is 0 Å². The summed E-state index contributed by atoms with van der Waals surface area (Å²) in [5, 5.41) is 0. The Balaban J connectivity index is 3.68. The van der Waals surface area contributed by atoms with Crippen molar-refractivity contribution >= 4 is 11.9 Å². The average Bonchev–Trinajstić information content (AvgIpc) is 2.22. The zero-order valence-electron chi connectivity index (χ0n) is 12.9. The van der Waals surface area contributed by atoms with Crippen LogP contribution in [0.1, 0.15) is 41.5 Å². The first-order valence-corrected chi connectivity index (χ1v) is 6.39. The number of carbonyl (C=O) groups excluding carboxylic acids is 2. The Morgan fingerprint density at radius 2 is 1.05 bits per heavy atom. The molecule has 0 unspecified atom stereocenters. The number of hydrogen-bond acceptors (Lipinski definition) is 5. The van der Waals surface area contributed by atoms with E-state index in [1.807, 2.05) is 41.5 Å². The summed E-state index contributed by atoms with van der Waals surface area (Å²) in [4.78, 5) is 22.6. The molecule has 0 N–H and O–H groups in total. The van der Waals surface area contributed by atoms with Gasteiger partial charge in [0.05, 0.1) is 13.2 Å². The smallest absolute Gasteiger partial charge is 0.332 e. The fourth-order valence-corrected chi connectivity index (χ4v) is 0.895. The van der Waals surface area contributed by atoms with Crippen LogP contribution in [0.2, 0.25) is 0 Å². The summed E-state index contributed by atoms with van der Waals surface area (Å²) >= 11 is 0. The van der Waals surface area contributed by atoms with Crippen LogP contribution >= 0.6 is 0 Å². The minimum Gasteiger partial charge on any atom is -0.463 e. The molecule has 0 fully saturated rings. The molecule has 0 radical (unpaired) electrons. The molecular weight excluding hydrogens is 248 g/mol. The maximum absolute atomic E-state index is 11.3. The van der Waals surface area contributed by atoms with Gasteiger partial charge in [-0.25, -0.2) is 9.59 Å². The first-order chi connectivity index (χ1) is 8.49. The third-order valence-corrected chi connectivity index (χ3v) is 1.77. The molecule has 0 saturated carbocycles. The van der Waals surface area contributed by atoms with Crippen LogP contribution in [-0.2, 0) is 23.8 Å². The van der Waals surface area contributed by atoms with E-state index in [0.717, 1.165) is 0 Å². The molecule has 0 aromatic carbocycles. The van der Waals surface area contributed by atoms with Gasteiger partial charge in [0, 0.05) is 0 Å². The summed E-state index contributed by atoms with van der Waals surface area (Å²) in [6, 6.07) is 0. The fraction of sp³-hybridized carbons (Fsp3) is 0.857. The van der Waals surface area contributed by atoms with Crippen molar-refractivity contribution in [1.82, 2.24) is 0 Å². The molecule has 0 bridgehead atoms. The Bertz CT molecular complexity index is 266. The zero-order chi connectivity index (χ0) is 15.1. The Morgan fingerprint density at radius 3 is 1.32 bits per heavy atom. The maximum Gasteiger partial charge on any atom is 0.332 e. The largest absolute Gasteiger partial charge is 0.463 e. The number of ether oxygens (including phenoxy) is 3. The first kappa shape index (κ1) is 17.9. The average molecular weight is 274 g/mol. The van der Waals surface area contributed by atoms with Crippen LogP contribution in [0.3, 0.4) is 0 Å². The van der Waals surface area contributed by atoms with Gasteiger partial charge >= 0.3 is 11.9 Å². The van der Waals surface area contributed by atoms with E-state index in [1.54, 1.807) is 0 Å². The molecule has 0 aromatic rings. The predicted octanol–water partition coefficient (Wildman–Crippen LogP) is 2.18. The van der Waals surface area contributed by atoms with E-state index in [-0.39, 0.29) is 24.0 Å². The maximum atomic E-state index is 11.3. The third kappa shape index (κ3) is 13.1. The monoisotopic (exact) mass is 274 g/mol. The SMILES string of the molecule is CC(C)(C)COC(=O)COCC(=O)OCC(C)(C)C. The normalized spacial score (nSPS) is 12.1. The van der Waals surface area contributed by atoms with Crippen LogP contribution in [0.25, 0.3) is 0 Å². The molecule has 112 valence electrons. The van der Waals surface area contributed by atoms with Crippen LogP contribution in [0.5, 0.6) is 0 Å². The minimum absolute atomic E-state index is 0.0820. The lowest BCUT2D eigenvalue weighted by Gasteiger charge is -2.18. The van der Waals surface area contributed by atoms with Crippen molar-refractivity contribution in [3.8, 4) is 0 Å². The highest BCUT2D eigenvalue weighted by Crippen LogP contribution is 2.13. The lowest BCUT2D eigenvalue weighted by Crippen LogP contribution is -2.24. The van der Waals surface area contributed by atoms with Crippen molar-refractivity contribution in [2.75, 3.05) is 26.4 Å². The standard InChI is InChI=1S/C14H26O5/c1-13(2,3)9-18-11(15)7-17-8-12(16)19-10-14(4,5)6/h7-10H2,1-6H3. The van der Waals surface area contributed by atoms with Crippen molar-refractivity contribution in [1.29, 1.82) is 0 Å². The highest BCUT2D eigenvalue weighted by Gasteiger charge is 2.16. The Labute approximate surface area is 115 Å². The zero-order valence-corrected chi connectivity index (χ0v) is 12.9. The molecule has 0 rings (SSSR count). The van der Waals surface area contributed by atoms with Gasteiger partial charge in [0.2, 0.25) is 0 Å². The van der Waals surface area contributed by atoms with Gasteiger partial charge in [0.15, 0.2) is 0 Å². The summed E-state index contributed by atoms with van der Waals surface area (Å²) < 4.78 is 14.9. The molecule has 0 aliphatic rings. The number of rotatable bonds is 6. The summed E-state index contributed by atoms with van der Waals surface area (Å²) in [5.74, 6) is -0.947. The van der Waals surface area contributed by atoms with Gasteiger partial charge in [-0.05, 0) is 10.8 Å². The highest BCUT2D eigenvalue weighted by molar-refractivity contribution is 5.73. The van der Waals surface area contributed by atoms with Gasteiger partial charge in [0.25, 0.3) is 0 Å². The van der Waals surface area contributed by atoms with Crippen LogP contribution < -0.4 is 0 Å². The van der Waals surface area contributed by atoms with E-state index in [0.29, 0.717) is 13.2 Å². The molecule has 5 heteroatoms. The predicted molar refractivity (Wildman–Crippen MR) is 71.6 cm³/mol. The van der Waals surface area contributed by atoms with E-state index >= 15 is 0 Å². The topological polar surface area (TPSA) is 61.8 Å². The quantitative estimate of drug-likeness (QED) is 0.695. The van der Waals surface area contributed by atoms with Crippen LogP contribution in [0.4, 0.5) is 0 Å². The Kier molecular flexibility index (Phi) is 7.05. The molecule has 5 nitrogen and oxygen atoms in total. The number of esters is 2. The summed E-state index contributed by atoms with van der Waals surface area (Å²) in [6.45, 7) is 12.0. The third-order valence-electron chi connectivity index (χ3n) is 1.77. The Morgan fingerprint density at radius 1 is 0.737 bits per heavy atom. The van der Waals surface area contributed by atoms with Crippen molar-refractivity contribution in [2.45, 2.75) is 41.5 Å². The van der Waals surface area contributed by atoms with Crippen molar-refractivity contribution in [3.63, 3.8) is 0 Å². The number of hydrogen-bond donors (Lipinski definition) is 0. The number of carbonyl (C=O) groups is 2. The van der Waals surface area contributed by atoms with E-state index in [1.165, 1.54) is 0 Å². The molecule has 0 amide bonds. The molecule has 0 aromatic heterocycles. The first-order valence-electron chi connectivity index (χ1n) is 6.39. The van der Waals surface area contributed by atoms with E-state index in [9.17, 15) is 9.59 Å². The highest BCUT2D eigenvalue weighted by atomic mass is 16.6. The summed E-state index contributed by atoms with van der Waals surface area (Å²) in [6.07, 6.45) is 0. The summed E-state index contributed by atoms with van der Waals surface area (Å²) in [7, 11) is 0. The van der Waals surface area contributed by atoms with Gasteiger partial charge in [0.1, 0.15) is 13.2 Å². The van der Waals surface area contributed by atoms with E-state index in [4.69, 9.17) is 14.2 Å².